The molecule has 2 rings (SSSR count). The molecule has 19 heavy (non-hydrogen) atoms. The second-order valence-corrected chi connectivity index (χ2v) is 5.02. The second-order valence-electron chi connectivity index (χ2n) is 4.61. The maximum absolute atomic E-state index is 6.15. The molecule has 1 aromatic heterocycles. The van der Waals surface area contributed by atoms with Crippen molar-refractivity contribution < 1.29 is 4.74 Å². The molecule has 0 radical (unpaired) electrons. The van der Waals surface area contributed by atoms with Gasteiger partial charge in [0.2, 0.25) is 0 Å². The Hall–Kier alpha value is -1.58. The van der Waals surface area contributed by atoms with E-state index in [1.165, 1.54) is 0 Å². The van der Waals surface area contributed by atoms with Crippen LogP contribution in [0.1, 0.15) is 24.2 Å². The van der Waals surface area contributed by atoms with Crippen molar-refractivity contribution in [3.05, 3.63) is 58.9 Å². The number of benzene rings is 1. The third-order valence-corrected chi connectivity index (χ3v) is 3.17. The molecule has 1 aromatic carbocycles. The molecule has 0 aliphatic carbocycles. The quantitative estimate of drug-likeness (QED) is 0.930. The number of pyridine rings is 1. The summed E-state index contributed by atoms with van der Waals surface area (Å²) in [4.78, 5) is 4.00. The van der Waals surface area contributed by atoms with Crippen LogP contribution in [-0.2, 0) is 0 Å². The van der Waals surface area contributed by atoms with Gasteiger partial charge in [0, 0.05) is 18.4 Å². The van der Waals surface area contributed by atoms with Crippen LogP contribution in [0.4, 0.5) is 0 Å². The maximum atomic E-state index is 6.15. The van der Waals surface area contributed by atoms with E-state index in [0.717, 1.165) is 11.1 Å². The van der Waals surface area contributed by atoms with Crippen LogP contribution in [0.3, 0.4) is 0 Å². The van der Waals surface area contributed by atoms with E-state index in [9.17, 15) is 0 Å². The van der Waals surface area contributed by atoms with E-state index >= 15 is 0 Å². The highest BCUT2D eigenvalue weighted by Crippen LogP contribution is 2.30. The van der Waals surface area contributed by atoms with Crippen LogP contribution >= 0.6 is 11.6 Å². The second kappa shape index (κ2) is 6.04. The first-order valence-corrected chi connectivity index (χ1v) is 6.54. The Bertz CT molecular complexity index is 543. The molecule has 2 unspecified atom stereocenters. The molecule has 2 atom stereocenters. The van der Waals surface area contributed by atoms with Gasteiger partial charge in [-0.05, 0) is 49.2 Å². The van der Waals surface area contributed by atoms with Gasteiger partial charge in [0.1, 0.15) is 11.9 Å². The summed E-state index contributed by atoms with van der Waals surface area (Å²) in [6, 6.07) is 9.34. The average molecular weight is 277 g/mol. The summed E-state index contributed by atoms with van der Waals surface area (Å²) in [5.41, 5.74) is 8.10. The molecule has 0 saturated carbocycles. The van der Waals surface area contributed by atoms with E-state index in [4.69, 9.17) is 22.1 Å². The highest BCUT2D eigenvalue weighted by atomic mass is 35.5. The largest absolute Gasteiger partial charge is 0.483 e. The first-order valence-electron chi connectivity index (χ1n) is 6.16. The van der Waals surface area contributed by atoms with Crippen molar-refractivity contribution in [1.82, 2.24) is 4.98 Å². The third kappa shape index (κ3) is 3.46. The lowest BCUT2D eigenvalue weighted by Crippen LogP contribution is -2.29. The minimum absolute atomic E-state index is 0.154. The van der Waals surface area contributed by atoms with Crippen LogP contribution in [0.25, 0.3) is 0 Å². The van der Waals surface area contributed by atoms with Crippen molar-refractivity contribution in [2.24, 2.45) is 5.73 Å². The predicted molar refractivity (Wildman–Crippen MR) is 77.4 cm³/mol. The Kier molecular flexibility index (Phi) is 4.40. The Labute approximate surface area is 118 Å². The van der Waals surface area contributed by atoms with Crippen LogP contribution in [-0.4, -0.2) is 11.0 Å². The molecule has 0 bridgehead atoms. The number of nitrogens with zero attached hydrogens (tertiary/aromatic N) is 1. The summed E-state index contributed by atoms with van der Waals surface area (Å²) >= 11 is 6.15. The Morgan fingerprint density at radius 1 is 1.21 bits per heavy atom. The molecule has 2 aromatic rings. The molecule has 0 spiro atoms. The molecule has 0 aliphatic heterocycles. The molecule has 0 saturated heterocycles. The number of aryl methyl sites for hydroxylation is 1. The van der Waals surface area contributed by atoms with E-state index in [-0.39, 0.29) is 12.1 Å². The van der Waals surface area contributed by atoms with Gasteiger partial charge in [-0.25, -0.2) is 0 Å². The van der Waals surface area contributed by atoms with E-state index in [2.05, 4.69) is 4.98 Å². The van der Waals surface area contributed by atoms with Crippen molar-refractivity contribution in [2.75, 3.05) is 0 Å². The fourth-order valence-corrected chi connectivity index (χ4v) is 2.03. The lowest BCUT2D eigenvalue weighted by atomic mass is 10.1. The highest BCUT2D eigenvalue weighted by molar-refractivity contribution is 6.32. The Balaban J connectivity index is 2.29. The van der Waals surface area contributed by atoms with Crippen LogP contribution < -0.4 is 10.5 Å². The van der Waals surface area contributed by atoms with E-state index in [1.54, 1.807) is 12.4 Å². The first-order chi connectivity index (χ1) is 9.08. The molecule has 100 valence electrons. The molecule has 0 amide bonds. The summed E-state index contributed by atoms with van der Waals surface area (Å²) in [5, 5.41) is 0.588. The summed E-state index contributed by atoms with van der Waals surface area (Å²) in [5.74, 6) is 0.653. The van der Waals surface area contributed by atoms with Gasteiger partial charge in [0.25, 0.3) is 0 Å². The van der Waals surface area contributed by atoms with E-state index in [0.29, 0.717) is 10.8 Å². The van der Waals surface area contributed by atoms with Crippen molar-refractivity contribution in [1.29, 1.82) is 0 Å². The van der Waals surface area contributed by atoms with Gasteiger partial charge in [-0.3, -0.25) is 4.98 Å². The standard InChI is InChI=1S/C15H17ClN2O/c1-10-3-4-13(16)14(9-10)19-15(11(2)17)12-5-7-18-8-6-12/h3-9,11,15H,17H2,1-2H3. The maximum Gasteiger partial charge on any atom is 0.139 e. The fraction of sp³-hybridized carbons (Fsp3) is 0.267. The average Bonchev–Trinajstić information content (AvgIpc) is 2.40. The van der Waals surface area contributed by atoms with Crippen molar-refractivity contribution in [3.63, 3.8) is 0 Å². The first kappa shape index (κ1) is 13.8. The minimum atomic E-state index is -0.248. The van der Waals surface area contributed by atoms with E-state index < -0.39 is 0 Å². The molecular formula is C15H17ClN2O. The van der Waals surface area contributed by atoms with Gasteiger partial charge in [-0.1, -0.05) is 17.7 Å². The van der Waals surface area contributed by atoms with Crippen molar-refractivity contribution >= 4 is 11.6 Å². The lowest BCUT2D eigenvalue weighted by Gasteiger charge is -2.23. The number of hydrogen-bond donors (Lipinski definition) is 1. The number of halogens is 1. The topological polar surface area (TPSA) is 48.1 Å². The van der Waals surface area contributed by atoms with Gasteiger partial charge in [0.15, 0.2) is 0 Å². The molecule has 0 aliphatic rings. The lowest BCUT2D eigenvalue weighted by molar-refractivity contribution is 0.180. The minimum Gasteiger partial charge on any atom is -0.483 e. The number of hydrogen-bond acceptors (Lipinski definition) is 3. The Morgan fingerprint density at radius 2 is 1.89 bits per heavy atom. The monoisotopic (exact) mass is 276 g/mol. The van der Waals surface area contributed by atoms with Gasteiger partial charge in [0.05, 0.1) is 5.02 Å². The fourth-order valence-electron chi connectivity index (χ4n) is 1.87. The Morgan fingerprint density at radius 3 is 2.53 bits per heavy atom. The predicted octanol–water partition coefficient (Wildman–Crippen LogP) is 3.51. The molecule has 2 N–H and O–H groups in total. The summed E-state index contributed by atoms with van der Waals surface area (Å²) in [6.07, 6.45) is 3.21. The molecular weight excluding hydrogens is 260 g/mol. The number of aromatic nitrogens is 1. The zero-order valence-corrected chi connectivity index (χ0v) is 11.8. The number of rotatable bonds is 4. The molecule has 1 heterocycles. The zero-order valence-electron chi connectivity index (χ0n) is 11.0. The zero-order chi connectivity index (χ0) is 13.8. The van der Waals surface area contributed by atoms with Gasteiger partial charge >= 0.3 is 0 Å². The molecule has 3 nitrogen and oxygen atoms in total. The van der Waals surface area contributed by atoms with Gasteiger partial charge < -0.3 is 10.5 Å². The van der Waals surface area contributed by atoms with Gasteiger partial charge in [-0.15, -0.1) is 0 Å². The summed E-state index contributed by atoms with van der Waals surface area (Å²) < 4.78 is 5.99. The smallest absolute Gasteiger partial charge is 0.139 e. The van der Waals surface area contributed by atoms with Crippen LogP contribution in [0.2, 0.25) is 5.02 Å². The van der Waals surface area contributed by atoms with Crippen LogP contribution in [0.5, 0.6) is 5.75 Å². The van der Waals surface area contributed by atoms with E-state index in [1.807, 2.05) is 44.2 Å². The van der Waals surface area contributed by atoms with Crippen LogP contribution in [0.15, 0.2) is 42.7 Å². The van der Waals surface area contributed by atoms with Crippen molar-refractivity contribution in [2.45, 2.75) is 26.0 Å². The number of nitrogens with two attached hydrogens (primary N) is 1. The van der Waals surface area contributed by atoms with Crippen LogP contribution in [0, 0.1) is 6.92 Å². The number of ether oxygens (including phenoxy) is 1. The summed E-state index contributed by atoms with van der Waals surface area (Å²) in [6.45, 7) is 3.91. The molecule has 0 fully saturated rings. The normalized spacial score (nSPS) is 13.9. The third-order valence-electron chi connectivity index (χ3n) is 2.85. The van der Waals surface area contributed by atoms with Gasteiger partial charge in [-0.2, -0.15) is 0 Å². The van der Waals surface area contributed by atoms with Crippen molar-refractivity contribution in [3.8, 4) is 5.75 Å². The molecule has 4 heteroatoms. The summed E-state index contributed by atoms with van der Waals surface area (Å²) in [7, 11) is 0. The SMILES string of the molecule is Cc1ccc(Cl)c(OC(c2ccncc2)C(C)N)c1. The highest BCUT2D eigenvalue weighted by Gasteiger charge is 2.19.